The van der Waals surface area contributed by atoms with E-state index >= 15 is 0 Å². The molecule has 0 fully saturated rings. The van der Waals surface area contributed by atoms with Crippen molar-refractivity contribution in [2.75, 3.05) is 4.95 Å². The van der Waals surface area contributed by atoms with Crippen molar-refractivity contribution in [3.05, 3.63) is 35.1 Å². The van der Waals surface area contributed by atoms with Crippen LogP contribution in [-0.4, -0.2) is 13.3 Å². The van der Waals surface area contributed by atoms with E-state index < -0.39 is 25.8 Å². The van der Waals surface area contributed by atoms with Gasteiger partial charge < -0.3 is 4.43 Å². The summed E-state index contributed by atoms with van der Waals surface area (Å²) in [6, 6.07) is 1.91. The molecule has 0 bridgehead atoms. The Morgan fingerprint density at radius 3 is 2.12 bits per heavy atom. The maximum Gasteiger partial charge on any atom is 0.197 e. The van der Waals surface area contributed by atoms with Crippen LogP contribution in [0.3, 0.4) is 0 Å². The van der Waals surface area contributed by atoms with Gasteiger partial charge in [0.2, 0.25) is 0 Å². The monoisotopic (exact) mass is 312 g/mol. The Labute approximate surface area is 102 Å². The van der Waals surface area contributed by atoms with Gasteiger partial charge in [0.25, 0.3) is 0 Å². The lowest BCUT2D eigenvalue weighted by Gasteiger charge is -2.20. The molecule has 0 aliphatic rings. The number of hydrogen-bond acceptors (Lipinski definition) is 1. The highest BCUT2D eigenvalue weighted by Gasteiger charge is 2.21. The molecular weight excluding hydrogens is 301 g/mol. The molecule has 6 heteroatoms. The van der Waals surface area contributed by atoms with Gasteiger partial charge in [-0.15, -0.1) is 0 Å². The maximum atomic E-state index is 12.9. The normalized spacial score (nSPS) is 11.9. The van der Waals surface area contributed by atoms with Crippen molar-refractivity contribution in [2.45, 2.75) is 19.7 Å². The minimum atomic E-state index is -1.83. The van der Waals surface area contributed by atoms with Crippen LogP contribution in [0.5, 0.6) is 0 Å². The first-order valence-corrected chi connectivity index (χ1v) is 8.93. The average molecular weight is 313 g/mol. The summed E-state index contributed by atoms with van der Waals surface area (Å²) in [7, 11) is -1.83. The van der Waals surface area contributed by atoms with Crippen LogP contribution in [0.1, 0.15) is 5.56 Å². The van der Waals surface area contributed by atoms with Crippen LogP contribution in [0.4, 0.5) is 13.2 Å². The molecule has 0 spiro atoms. The Balaban J connectivity index is 2.76. The molecule has 16 heavy (non-hydrogen) atoms. The molecule has 0 aliphatic heterocycles. The summed E-state index contributed by atoms with van der Waals surface area (Å²) < 4.78 is 44.0. The molecular formula is C10H12BrF3OSi. The van der Waals surface area contributed by atoms with Crippen LogP contribution in [-0.2, 0) is 11.0 Å². The van der Waals surface area contributed by atoms with Crippen LogP contribution in [0, 0.1) is 17.5 Å². The highest BCUT2D eigenvalue weighted by molar-refractivity contribution is 9.09. The van der Waals surface area contributed by atoms with E-state index in [1.165, 1.54) is 0 Å². The Bertz CT molecular complexity index is 361. The Morgan fingerprint density at radius 2 is 1.69 bits per heavy atom. The maximum absolute atomic E-state index is 12.9. The minimum Gasteiger partial charge on any atom is -0.412 e. The fourth-order valence-electron chi connectivity index (χ4n) is 1.01. The van der Waals surface area contributed by atoms with Crippen molar-refractivity contribution >= 4 is 24.2 Å². The van der Waals surface area contributed by atoms with Gasteiger partial charge in [0, 0.05) is 4.95 Å². The van der Waals surface area contributed by atoms with Crippen molar-refractivity contribution in [1.82, 2.24) is 0 Å². The van der Waals surface area contributed by atoms with E-state index in [2.05, 4.69) is 15.9 Å². The number of alkyl halides is 1. The van der Waals surface area contributed by atoms with Gasteiger partial charge in [-0.05, 0) is 30.8 Å². The first-order valence-electron chi connectivity index (χ1n) is 4.69. The lowest BCUT2D eigenvalue weighted by atomic mass is 10.2. The molecule has 1 rings (SSSR count). The minimum absolute atomic E-state index is 0.0962. The summed E-state index contributed by atoms with van der Waals surface area (Å²) in [6.07, 6.45) is 0. The van der Waals surface area contributed by atoms with Crippen molar-refractivity contribution in [3.8, 4) is 0 Å². The molecule has 0 N–H and O–H groups in total. The molecule has 0 saturated carbocycles. The Hall–Kier alpha value is -0.333. The van der Waals surface area contributed by atoms with Gasteiger partial charge in [-0.2, -0.15) is 0 Å². The van der Waals surface area contributed by atoms with E-state index in [1.807, 2.05) is 13.1 Å². The molecule has 0 heterocycles. The van der Waals surface area contributed by atoms with Gasteiger partial charge >= 0.3 is 0 Å². The van der Waals surface area contributed by atoms with Crippen molar-refractivity contribution in [1.29, 1.82) is 0 Å². The van der Waals surface area contributed by atoms with Crippen LogP contribution in [0.15, 0.2) is 12.1 Å². The summed E-state index contributed by atoms with van der Waals surface area (Å²) in [5.74, 6) is -3.81. The van der Waals surface area contributed by atoms with E-state index in [0.717, 1.165) is 17.1 Å². The SMILES string of the molecule is C[Si](C)(CBr)OCc1cc(F)c(F)c(F)c1. The first kappa shape index (κ1) is 13.7. The smallest absolute Gasteiger partial charge is 0.197 e. The van der Waals surface area contributed by atoms with Gasteiger partial charge in [-0.25, -0.2) is 13.2 Å². The van der Waals surface area contributed by atoms with Crippen LogP contribution >= 0.6 is 15.9 Å². The molecule has 0 amide bonds. The van der Waals surface area contributed by atoms with E-state index in [1.54, 1.807) is 0 Å². The summed E-state index contributed by atoms with van der Waals surface area (Å²) in [5.41, 5.74) is 0.304. The third kappa shape index (κ3) is 3.60. The summed E-state index contributed by atoms with van der Waals surface area (Å²) in [4.78, 5) is 0.728. The molecule has 1 aromatic carbocycles. The van der Waals surface area contributed by atoms with Gasteiger partial charge in [-0.1, -0.05) is 15.9 Å². The predicted octanol–water partition coefficient (Wildman–Crippen LogP) is 3.76. The third-order valence-corrected chi connectivity index (χ3v) is 7.62. The largest absolute Gasteiger partial charge is 0.412 e. The fraction of sp³-hybridized carbons (Fsp3) is 0.400. The van der Waals surface area contributed by atoms with Crippen molar-refractivity contribution in [3.63, 3.8) is 0 Å². The molecule has 1 nitrogen and oxygen atoms in total. The summed E-state index contributed by atoms with van der Waals surface area (Å²) in [6.45, 7) is 4.04. The Morgan fingerprint density at radius 1 is 1.19 bits per heavy atom. The quantitative estimate of drug-likeness (QED) is 0.467. The lowest BCUT2D eigenvalue weighted by molar-refractivity contribution is 0.296. The highest BCUT2D eigenvalue weighted by atomic mass is 79.9. The van der Waals surface area contributed by atoms with Crippen molar-refractivity contribution < 1.29 is 17.6 Å². The molecule has 0 saturated heterocycles. The van der Waals surface area contributed by atoms with Crippen LogP contribution < -0.4 is 0 Å². The van der Waals surface area contributed by atoms with E-state index in [0.29, 0.717) is 5.56 Å². The summed E-state index contributed by atoms with van der Waals surface area (Å²) in [5, 5.41) is 0. The number of rotatable bonds is 4. The molecule has 0 aromatic heterocycles. The molecule has 0 aliphatic carbocycles. The third-order valence-electron chi connectivity index (χ3n) is 1.99. The molecule has 0 unspecified atom stereocenters. The number of hydrogen-bond donors (Lipinski definition) is 0. The van der Waals surface area contributed by atoms with Crippen molar-refractivity contribution in [2.24, 2.45) is 0 Å². The molecule has 0 atom stereocenters. The van der Waals surface area contributed by atoms with E-state index in [9.17, 15) is 13.2 Å². The zero-order valence-electron chi connectivity index (χ0n) is 8.99. The zero-order chi connectivity index (χ0) is 12.3. The average Bonchev–Trinajstić information content (AvgIpc) is 2.23. The molecule has 0 radical (unpaired) electrons. The van der Waals surface area contributed by atoms with Crippen LogP contribution in [0.2, 0.25) is 13.1 Å². The molecule has 90 valence electrons. The first-order chi connectivity index (χ1) is 7.35. The second-order valence-electron chi connectivity index (χ2n) is 4.06. The Kier molecular flexibility index (Phi) is 4.58. The lowest BCUT2D eigenvalue weighted by Crippen LogP contribution is -2.32. The van der Waals surface area contributed by atoms with E-state index in [4.69, 9.17) is 4.43 Å². The number of benzene rings is 1. The predicted molar refractivity (Wildman–Crippen MR) is 62.4 cm³/mol. The molecule has 1 aromatic rings. The van der Waals surface area contributed by atoms with Gasteiger partial charge in [0.15, 0.2) is 25.8 Å². The van der Waals surface area contributed by atoms with Gasteiger partial charge in [0.1, 0.15) is 0 Å². The highest BCUT2D eigenvalue weighted by Crippen LogP contribution is 2.16. The van der Waals surface area contributed by atoms with Gasteiger partial charge in [0.05, 0.1) is 6.61 Å². The zero-order valence-corrected chi connectivity index (χ0v) is 11.6. The second-order valence-corrected chi connectivity index (χ2v) is 9.81. The van der Waals surface area contributed by atoms with E-state index in [-0.39, 0.29) is 6.61 Å². The topological polar surface area (TPSA) is 9.23 Å². The standard InChI is InChI=1S/C10H12BrF3OSi/c1-16(2,6-11)15-5-7-3-8(12)10(14)9(13)4-7/h3-4H,5-6H2,1-2H3. The summed E-state index contributed by atoms with van der Waals surface area (Å²) >= 11 is 3.31. The fourth-order valence-corrected chi connectivity index (χ4v) is 2.13. The second kappa shape index (κ2) is 5.33. The van der Waals surface area contributed by atoms with Crippen LogP contribution in [0.25, 0.3) is 0 Å². The van der Waals surface area contributed by atoms with Gasteiger partial charge in [-0.3, -0.25) is 0 Å². The number of halogens is 4.